The Morgan fingerprint density at radius 1 is 0.900 bits per heavy atom. The molecule has 5 heteroatoms. The van der Waals surface area contributed by atoms with Gasteiger partial charge < -0.3 is 29.8 Å². The van der Waals surface area contributed by atoms with Crippen LogP contribution in [0.3, 0.4) is 0 Å². The van der Waals surface area contributed by atoms with Crippen LogP contribution in [0.5, 0.6) is 0 Å². The van der Waals surface area contributed by atoms with Crippen molar-refractivity contribution in [3.05, 3.63) is 26.7 Å². The van der Waals surface area contributed by atoms with E-state index in [1.165, 1.54) is 51.4 Å². The third-order valence-electron chi connectivity index (χ3n) is 5.99. The van der Waals surface area contributed by atoms with Crippen LogP contribution in [0.2, 0.25) is 0 Å². The molecule has 1 atom stereocenters. The van der Waals surface area contributed by atoms with Gasteiger partial charge in [-0.15, -0.1) is 0 Å². The molecule has 0 aromatic rings. The third kappa shape index (κ3) is 13.2. The molecule has 2 fully saturated rings. The summed E-state index contributed by atoms with van der Waals surface area (Å²) in [6.07, 6.45) is 11.1. The molecule has 0 heterocycles. The first-order valence-electron chi connectivity index (χ1n) is 11.2. The Morgan fingerprint density at radius 3 is 1.63 bits per heavy atom. The van der Waals surface area contributed by atoms with Crippen molar-refractivity contribution in [3.8, 4) is 0 Å². The summed E-state index contributed by atoms with van der Waals surface area (Å²) in [7, 11) is 1.19. The van der Waals surface area contributed by atoms with Crippen molar-refractivity contribution in [2.24, 2.45) is 29.4 Å². The van der Waals surface area contributed by atoms with Crippen molar-refractivity contribution in [1.82, 2.24) is 0 Å². The first-order valence-corrected chi connectivity index (χ1v) is 12.5. The van der Waals surface area contributed by atoms with Gasteiger partial charge in [-0.3, -0.25) is 0 Å². The molecule has 0 amide bonds. The topological polar surface area (TPSA) is 44.5 Å². The fourth-order valence-corrected chi connectivity index (χ4v) is 6.98. The number of nitrogens with two attached hydrogens (primary N) is 1. The molecule has 2 saturated carbocycles. The Morgan fingerprint density at radius 2 is 1.30 bits per heavy atom. The molecule has 0 aromatic carbocycles. The molecule has 0 spiro atoms. The van der Waals surface area contributed by atoms with Gasteiger partial charge in [0, 0.05) is 25.9 Å². The molecule has 0 aromatic heterocycles. The Labute approximate surface area is 202 Å². The van der Waals surface area contributed by atoms with Gasteiger partial charge >= 0.3 is 17.1 Å². The fraction of sp³-hybridized carbons (Fsp3) is 0.840. The molecule has 0 aliphatic heterocycles. The molecular weight excluding hydrogens is 433 g/mol. The average molecular weight is 486 g/mol. The zero-order valence-electron chi connectivity index (χ0n) is 21.1. The van der Waals surface area contributed by atoms with Gasteiger partial charge in [-0.25, -0.2) is 0 Å². The summed E-state index contributed by atoms with van der Waals surface area (Å²) in [5.74, 6) is 2.91. The number of ether oxygens (including phenoxy) is 1. The van der Waals surface area contributed by atoms with Crippen LogP contribution >= 0.6 is 8.15 Å². The standard InChI is InChI=1S/C16H32NOP.C7H14O.2CH3.Fe/c1-12(2)16(13(3)4)19(14(5)10-17)18-11-15-8-6-7-9-15;1-8-6-7-4-2-3-5-7;;;/h12-13,15-16H,5-11,17H2,1-4H3;7H,2-6H2,1H3;2*1H3;/q;;2*-1;+2. The Hall–Kier alpha value is 0.569. The van der Waals surface area contributed by atoms with Crippen molar-refractivity contribution in [3.63, 3.8) is 0 Å². The number of methoxy groups -OCH3 is 1. The molecule has 2 aliphatic carbocycles. The van der Waals surface area contributed by atoms with Gasteiger partial charge in [0.25, 0.3) is 0 Å². The van der Waals surface area contributed by atoms with E-state index < -0.39 is 8.15 Å². The molecule has 3 nitrogen and oxygen atoms in total. The fourth-order valence-electron chi connectivity index (χ4n) is 4.56. The SMILES string of the molecule is C=C(CN)P(OCC1CCCC1)C(C(C)C)C(C)C.COCC1CCCC1.[CH3-].[CH3-].[Fe+2]. The second kappa shape index (κ2) is 20.2. The summed E-state index contributed by atoms with van der Waals surface area (Å²) in [5, 5.41) is 1.13. The van der Waals surface area contributed by atoms with E-state index in [0.717, 1.165) is 30.4 Å². The van der Waals surface area contributed by atoms with Crippen molar-refractivity contribution >= 4 is 8.15 Å². The molecule has 30 heavy (non-hydrogen) atoms. The number of hydrogen-bond donors (Lipinski definition) is 1. The summed E-state index contributed by atoms with van der Waals surface area (Å²) in [6.45, 7) is 15.8. The van der Waals surface area contributed by atoms with E-state index in [-0.39, 0.29) is 31.9 Å². The van der Waals surface area contributed by atoms with Crippen LogP contribution in [0.1, 0.15) is 79.1 Å². The van der Waals surface area contributed by atoms with Crippen LogP contribution < -0.4 is 5.73 Å². The maximum Gasteiger partial charge on any atom is 2.00 e. The normalized spacial score (nSPS) is 17.8. The Bertz CT molecular complexity index is 387. The summed E-state index contributed by atoms with van der Waals surface area (Å²) < 4.78 is 11.4. The van der Waals surface area contributed by atoms with E-state index in [4.69, 9.17) is 15.0 Å². The largest absolute Gasteiger partial charge is 2.00 e. The predicted molar refractivity (Wildman–Crippen MR) is 133 cm³/mol. The van der Waals surface area contributed by atoms with Crippen molar-refractivity contribution < 1.29 is 26.3 Å². The van der Waals surface area contributed by atoms with Crippen LogP contribution in [0.4, 0.5) is 0 Å². The van der Waals surface area contributed by atoms with Gasteiger partial charge in [-0.2, -0.15) is 0 Å². The molecule has 2 N–H and O–H groups in total. The number of hydrogen-bond acceptors (Lipinski definition) is 3. The molecule has 1 unspecified atom stereocenters. The van der Waals surface area contributed by atoms with E-state index in [1.54, 1.807) is 7.11 Å². The second-order valence-corrected chi connectivity index (χ2v) is 11.3. The molecule has 2 rings (SSSR count). The average Bonchev–Trinajstić information content (AvgIpc) is 3.31. The zero-order valence-corrected chi connectivity index (χ0v) is 23.1. The van der Waals surface area contributed by atoms with Gasteiger partial charge in [0.05, 0.1) is 14.8 Å². The van der Waals surface area contributed by atoms with Crippen LogP contribution in [0.15, 0.2) is 11.9 Å². The quantitative estimate of drug-likeness (QED) is 0.198. The summed E-state index contributed by atoms with van der Waals surface area (Å²) in [6, 6.07) is 0. The smallest absolute Gasteiger partial charge is 0.384 e. The van der Waals surface area contributed by atoms with Gasteiger partial charge in [0.15, 0.2) is 0 Å². The van der Waals surface area contributed by atoms with Crippen molar-refractivity contribution in [2.75, 3.05) is 26.9 Å². The Kier molecular flexibility index (Phi) is 23.7. The van der Waals surface area contributed by atoms with Gasteiger partial charge in [0.1, 0.15) is 0 Å². The zero-order chi connectivity index (χ0) is 20.2. The van der Waals surface area contributed by atoms with E-state index in [1.807, 2.05) is 0 Å². The maximum absolute atomic E-state index is 6.35. The Balaban J connectivity index is -0.000000565. The minimum atomic E-state index is -0.600. The number of rotatable bonds is 10. The van der Waals surface area contributed by atoms with E-state index in [9.17, 15) is 0 Å². The van der Waals surface area contributed by atoms with Crippen LogP contribution in [0.25, 0.3) is 0 Å². The minimum Gasteiger partial charge on any atom is -0.384 e. The van der Waals surface area contributed by atoms with Gasteiger partial charge in [-0.05, 0) is 54.7 Å². The monoisotopic (exact) mass is 485 g/mol. The van der Waals surface area contributed by atoms with Crippen LogP contribution in [-0.4, -0.2) is 32.5 Å². The molecular formula is C25H52FeNO2P. The van der Waals surface area contributed by atoms with Crippen LogP contribution in [-0.2, 0) is 26.3 Å². The predicted octanol–water partition coefficient (Wildman–Crippen LogP) is 7.46. The van der Waals surface area contributed by atoms with E-state index >= 15 is 0 Å². The van der Waals surface area contributed by atoms with Crippen molar-refractivity contribution in [1.29, 1.82) is 0 Å². The molecule has 0 bridgehead atoms. The van der Waals surface area contributed by atoms with Gasteiger partial charge in [0.2, 0.25) is 0 Å². The maximum atomic E-state index is 6.35. The summed E-state index contributed by atoms with van der Waals surface area (Å²) >= 11 is 0. The van der Waals surface area contributed by atoms with Gasteiger partial charge in [-0.1, -0.05) is 60.0 Å². The first-order chi connectivity index (χ1) is 12.9. The van der Waals surface area contributed by atoms with Crippen LogP contribution in [0, 0.1) is 38.5 Å². The first kappa shape index (κ1) is 35.2. The molecule has 0 radical (unpaired) electrons. The van der Waals surface area contributed by atoms with E-state index in [2.05, 4.69) is 34.3 Å². The van der Waals surface area contributed by atoms with E-state index in [0.29, 0.717) is 24.0 Å². The molecule has 0 saturated heterocycles. The minimum absolute atomic E-state index is 0. The second-order valence-electron chi connectivity index (χ2n) is 9.13. The summed E-state index contributed by atoms with van der Waals surface area (Å²) in [5.41, 5.74) is 6.41. The molecule has 2 aliphatic rings. The van der Waals surface area contributed by atoms with Crippen molar-refractivity contribution in [2.45, 2.75) is 84.7 Å². The third-order valence-corrected chi connectivity index (χ3v) is 8.95. The molecule has 182 valence electrons. The summed E-state index contributed by atoms with van der Waals surface area (Å²) in [4.78, 5) is 0.